The summed E-state index contributed by atoms with van der Waals surface area (Å²) in [6.45, 7) is 6.37. The Hall–Kier alpha value is -0.910. The van der Waals surface area contributed by atoms with Crippen molar-refractivity contribution < 1.29 is 13.5 Å². The molecule has 4 nitrogen and oxygen atoms in total. The Morgan fingerprint density at radius 1 is 1.32 bits per heavy atom. The van der Waals surface area contributed by atoms with Gasteiger partial charge in [0.15, 0.2) is 0 Å². The van der Waals surface area contributed by atoms with Gasteiger partial charge in [0.25, 0.3) is 0 Å². The maximum absolute atomic E-state index is 12.1. The van der Waals surface area contributed by atoms with E-state index in [0.29, 0.717) is 18.0 Å². The van der Waals surface area contributed by atoms with Gasteiger partial charge >= 0.3 is 0 Å². The number of rotatable bonds is 7. The first kappa shape index (κ1) is 16.1. The lowest BCUT2D eigenvalue weighted by Gasteiger charge is -2.10. The SMILES string of the molecule is Cc1ccc(S(=O)(=O)NCCCC(C)C)cc1CO. The van der Waals surface area contributed by atoms with Crippen LogP contribution in [0.3, 0.4) is 0 Å². The standard InChI is InChI=1S/C14H23NO3S/c1-11(2)5-4-8-15-19(17,18)14-7-6-12(3)13(9-14)10-16/h6-7,9,11,15-16H,4-5,8,10H2,1-3H3. The molecule has 0 unspecified atom stereocenters. The van der Waals surface area contributed by atoms with E-state index in [1.165, 1.54) is 6.07 Å². The predicted octanol–water partition coefficient (Wildman–Crippen LogP) is 2.20. The molecular weight excluding hydrogens is 262 g/mol. The molecule has 0 amide bonds. The van der Waals surface area contributed by atoms with Gasteiger partial charge in [0, 0.05) is 6.54 Å². The maximum atomic E-state index is 12.1. The maximum Gasteiger partial charge on any atom is 0.240 e. The van der Waals surface area contributed by atoms with Gasteiger partial charge in [-0.25, -0.2) is 13.1 Å². The molecule has 2 N–H and O–H groups in total. The van der Waals surface area contributed by atoms with Crippen molar-refractivity contribution in [3.05, 3.63) is 29.3 Å². The summed E-state index contributed by atoms with van der Waals surface area (Å²) < 4.78 is 26.7. The van der Waals surface area contributed by atoms with Crippen molar-refractivity contribution in [2.45, 2.75) is 45.1 Å². The molecule has 0 saturated heterocycles. The van der Waals surface area contributed by atoms with Gasteiger partial charge in [0.1, 0.15) is 0 Å². The minimum Gasteiger partial charge on any atom is -0.392 e. The van der Waals surface area contributed by atoms with Crippen LogP contribution in [0.25, 0.3) is 0 Å². The highest BCUT2D eigenvalue weighted by molar-refractivity contribution is 7.89. The average molecular weight is 285 g/mol. The largest absolute Gasteiger partial charge is 0.392 e. The first-order valence-electron chi connectivity index (χ1n) is 6.57. The van der Waals surface area contributed by atoms with Crippen LogP contribution in [0.4, 0.5) is 0 Å². The summed E-state index contributed by atoms with van der Waals surface area (Å²) >= 11 is 0. The Balaban J connectivity index is 2.72. The van der Waals surface area contributed by atoms with Crippen molar-refractivity contribution in [2.24, 2.45) is 5.92 Å². The van der Waals surface area contributed by atoms with Gasteiger partial charge in [-0.2, -0.15) is 0 Å². The molecular formula is C14H23NO3S. The molecule has 0 aliphatic rings. The van der Waals surface area contributed by atoms with E-state index in [1.54, 1.807) is 12.1 Å². The number of nitrogens with one attached hydrogen (secondary N) is 1. The van der Waals surface area contributed by atoms with Crippen LogP contribution in [0, 0.1) is 12.8 Å². The quantitative estimate of drug-likeness (QED) is 0.755. The average Bonchev–Trinajstić information content (AvgIpc) is 2.35. The second-order valence-corrected chi connectivity index (χ2v) is 6.95. The van der Waals surface area contributed by atoms with Gasteiger partial charge in [-0.1, -0.05) is 19.9 Å². The number of hydrogen-bond donors (Lipinski definition) is 2. The van der Waals surface area contributed by atoms with Gasteiger partial charge in [0.05, 0.1) is 11.5 Å². The Morgan fingerprint density at radius 2 is 2.00 bits per heavy atom. The zero-order valence-corrected chi connectivity index (χ0v) is 12.6. The zero-order chi connectivity index (χ0) is 14.5. The molecule has 108 valence electrons. The van der Waals surface area contributed by atoms with Crippen LogP contribution in [-0.4, -0.2) is 20.1 Å². The molecule has 0 saturated carbocycles. The number of sulfonamides is 1. The first-order valence-corrected chi connectivity index (χ1v) is 8.05. The fraction of sp³-hybridized carbons (Fsp3) is 0.571. The van der Waals surface area contributed by atoms with Gasteiger partial charge < -0.3 is 5.11 Å². The molecule has 0 heterocycles. The van der Waals surface area contributed by atoms with Crippen LogP contribution in [0.15, 0.2) is 23.1 Å². The van der Waals surface area contributed by atoms with E-state index < -0.39 is 10.0 Å². The molecule has 0 spiro atoms. The lowest BCUT2D eigenvalue weighted by atomic mass is 10.1. The molecule has 0 aliphatic carbocycles. The minimum atomic E-state index is -3.47. The third-order valence-electron chi connectivity index (χ3n) is 3.05. The van der Waals surface area contributed by atoms with Gasteiger partial charge in [-0.3, -0.25) is 0 Å². The van der Waals surface area contributed by atoms with Crippen molar-refractivity contribution in [3.8, 4) is 0 Å². The summed E-state index contributed by atoms with van der Waals surface area (Å²) in [7, 11) is -3.47. The van der Waals surface area contributed by atoms with Crippen molar-refractivity contribution in [1.29, 1.82) is 0 Å². The van der Waals surface area contributed by atoms with E-state index in [0.717, 1.165) is 18.4 Å². The molecule has 5 heteroatoms. The number of benzene rings is 1. The van der Waals surface area contributed by atoms with Crippen LogP contribution < -0.4 is 4.72 Å². The topological polar surface area (TPSA) is 66.4 Å². The van der Waals surface area contributed by atoms with E-state index >= 15 is 0 Å². The van der Waals surface area contributed by atoms with Gasteiger partial charge in [0.2, 0.25) is 10.0 Å². The van der Waals surface area contributed by atoms with Crippen molar-refractivity contribution in [1.82, 2.24) is 4.72 Å². The van der Waals surface area contributed by atoms with E-state index in [4.69, 9.17) is 5.11 Å². The second-order valence-electron chi connectivity index (χ2n) is 5.18. The molecule has 0 atom stereocenters. The Labute approximate surface area is 115 Å². The van der Waals surface area contributed by atoms with Crippen molar-refractivity contribution in [2.75, 3.05) is 6.54 Å². The summed E-state index contributed by atoms with van der Waals surface area (Å²) in [4.78, 5) is 0.215. The fourth-order valence-electron chi connectivity index (χ4n) is 1.79. The number of hydrogen-bond acceptors (Lipinski definition) is 3. The first-order chi connectivity index (χ1) is 8.86. The monoisotopic (exact) mass is 285 g/mol. The Bertz CT molecular complexity index is 509. The second kappa shape index (κ2) is 7.03. The van der Waals surface area contributed by atoms with Crippen molar-refractivity contribution in [3.63, 3.8) is 0 Å². The third kappa shape index (κ3) is 4.93. The summed E-state index contributed by atoms with van der Waals surface area (Å²) in [5, 5.41) is 9.17. The summed E-state index contributed by atoms with van der Waals surface area (Å²) in [6.07, 6.45) is 1.83. The molecule has 0 aromatic heterocycles. The van der Waals surface area contributed by atoms with Crippen LogP contribution in [-0.2, 0) is 16.6 Å². The van der Waals surface area contributed by atoms with Gasteiger partial charge in [-0.15, -0.1) is 0 Å². The number of aliphatic hydroxyl groups is 1. The van der Waals surface area contributed by atoms with Crippen LogP contribution >= 0.6 is 0 Å². The lowest BCUT2D eigenvalue weighted by Crippen LogP contribution is -2.25. The van der Waals surface area contributed by atoms with E-state index in [-0.39, 0.29) is 11.5 Å². The lowest BCUT2D eigenvalue weighted by molar-refractivity contribution is 0.280. The minimum absolute atomic E-state index is 0.150. The fourth-order valence-corrected chi connectivity index (χ4v) is 2.91. The van der Waals surface area contributed by atoms with E-state index in [1.807, 2.05) is 6.92 Å². The highest BCUT2D eigenvalue weighted by atomic mass is 32.2. The molecule has 0 aliphatic heterocycles. The van der Waals surface area contributed by atoms with Crippen LogP contribution in [0.2, 0.25) is 0 Å². The normalized spacial score (nSPS) is 12.1. The highest BCUT2D eigenvalue weighted by Crippen LogP contribution is 2.15. The Morgan fingerprint density at radius 3 is 2.58 bits per heavy atom. The molecule has 19 heavy (non-hydrogen) atoms. The smallest absolute Gasteiger partial charge is 0.240 e. The van der Waals surface area contributed by atoms with E-state index in [2.05, 4.69) is 18.6 Å². The summed E-state index contributed by atoms with van der Waals surface area (Å²) in [6, 6.07) is 4.81. The van der Waals surface area contributed by atoms with Crippen molar-refractivity contribution >= 4 is 10.0 Å². The predicted molar refractivity (Wildman–Crippen MR) is 76.4 cm³/mol. The zero-order valence-electron chi connectivity index (χ0n) is 11.8. The molecule has 1 aromatic carbocycles. The van der Waals surface area contributed by atoms with Crippen LogP contribution in [0.5, 0.6) is 0 Å². The molecule has 1 aromatic rings. The molecule has 0 bridgehead atoms. The number of aliphatic hydroxyl groups excluding tert-OH is 1. The third-order valence-corrected chi connectivity index (χ3v) is 4.51. The molecule has 0 radical (unpaired) electrons. The summed E-state index contributed by atoms with van der Waals surface area (Å²) in [5.74, 6) is 0.574. The number of aryl methyl sites for hydroxylation is 1. The highest BCUT2D eigenvalue weighted by Gasteiger charge is 2.14. The van der Waals surface area contributed by atoms with Gasteiger partial charge in [-0.05, 0) is 48.9 Å². The molecule has 0 fully saturated rings. The summed E-state index contributed by atoms with van der Waals surface area (Å²) in [5.41, 5.74) is 1.53. The Kier molecular flexibility index (Phi) is 5.97. The van der Waals surface area contributed by atoms with E-state index in [9.17, 15) is 8.42 Å². The van der Waals surface area contributed by atoms with Crippen LogP contribution in [0.1, 0.15) is 37.8 Å². The molecule has 1 rings (SSSR count).